The molecule has 3 aromatic rings. The van der Waals surface area contributed by atoms with Crippen molar-refractivity contribution in [3.63, 3.8) is 0 Å². The molecule has 0 saturated carbocycles. The Hall–Kier alpha value is -2.95. The number of aromatic nitrogens is 1. The number of aromatic amines is 1. The number of fused-ring (bicyclic) bond motifs is 2. The minimum absolute atomic E-state index is 0.0715. The van der Waals surface area contributed by atoms with Crippen molar-refractivity contribution >= 4 is 16.7 Å². The number of carbonyl (C=O) groups is 1. The highest BCUT2D eigenvalue weighted by Crippen LogP contribution is 2.34. The van der Waals surface area contributed by atoms with Gasteiger partial charge >= 0.3 is 0 Å². The Morgan fingerprint density at radius 2 is 2.00 bits per heavy atom. The summed E-state index contributed by atoms with van der Waals surface area (Å²) < 4.78 is 15.8. The van der Waals surface area contributed by atoms with Crippen molar-refractivity contribution in [1.29, 1.82) is 0 Å². The number of H-pyrrole nitrogens is 1. The fraction of sp³-hybridized carbons (Fsp3) is 0.118. The van der Waals surface area contributed by atoms with E-state index in [4.69, 9.17) is 14.2 Å². The topological polar surface area (TPSA) is 60.6 Å². The van der Waals surface area contributed by atoms with Crippen LogP contribution < -0.4 is 14.2 Å². The van der Waals surface area contributed by atoms with E-state index in [0.29, 0.717) is 28.4 Å². The highest BCUT2D eigenvalue weighted by molar-refractivity contribution is 6.16. The summed E-state index contributed by atoms with van der Waals surface area (Å²) in [4.78, 5) is 15.9. The van der Waals surface area contributed by atoms with Gasteiger partial charge in [-0.25, -0.2) is 0 Å². The molecule has 2 heterocycles. The molecule has 0 bridgehead atoms. The van der Waals surface area contributed by atoms with Gasteiger partial charge in [0, 0.05) is 28.2 Å². The van der Waals surface area contributed by atoms with Crippen LogP contribution in [0.3, 0.4) is 0 Å². The third-order valence-corrected chi connectivity index (χ3v) is 3.77. The smallest absolute Gasteiger partial charge is 0.231 e. The quantitative estimate of drug-likeness (QED) is 0.754. The third-order valence-electron chi connectivity index (χ3n) is 3.77. The fourth-order valence-electron chi connectivity index (χ4n) is 2.61. The number of rotatable bonds is 3. The molecule has 0 fully saturated rings. The van der Waals surface area contributed by atoms with Crippen molar-refractivity contribution in [1.82, 2.24) is 4.98 Å². The molecule has 5 heteroatoms. The Kier molecular flexibility index (Phi) is 2.79. The Morgan fingerprint density at radius 1 is 1.14 bits per heavy atom. The molecular weight excluding hydrogens is 282 g/mol. The standard InChI is InChI=1S/C17H13NO4/c1-20-11-3-4-14-12(7-11)13(8-18-14)17(19)10-2-5-15-16(6-10)22-9-21-15/h2-8,18H,9H2,1H3. The molecule has 1 N–H and O–H groups in total. The molecule has 0 atom stereocenters. The molecule has 1 aliphatic rings. The van der Waals surface area contributed by atoms with Crippen LogP contribution >= 0.6 is 0 Å². The van der Waals surface area contributed by atoms with Gasteiger partial charge in [0.2, 0.25) is 6.79 Å². The zero-order chi connectivity index (χ0) is 15.1. The van der Waals surface area contributed by atoms with E-state index in [1.807, 2.05) is 18.2 Å². The molecular formula is C17H13NO4. The van der Waals surface area contributed by atoms with Crippen LogP contribution in [0.4, 0.5) is 0 Å². The molecule has 4 rings (SSSR count). The number of hydrogen-bond acceptors (Lipinski definition) is 4. The van der Waals surface area contributed by atoms with E-state index in [1.165, 1.54) is 0 Å². The minimum atomic E-state index is -0.0715. The molecule has 0 unspecified atom stereocenters. The van der Waals surface area contributed by atoms with Gasteiger partial charge in [-0.3, -0.25) is 4.79 Å². The predicted octanol–water partition coefficient (Wildman–Crippen LogP) is 3.14. The van der Waals surface area contributed by atoms with Gasteiger partial charge in [0.15, 0.2) is 17.3 Å². The molecule has 0 saturated heterocycles. The Bertz CT molecular complexity index is 881. The van der Waals surface area contributed by atoms with Crippen molar-refractivity contribution in [2.24, 2.45) is 0 Å². The second kappa shape index (κ2) is 4.80. The maximum absolute atomic E-state index is 12.8. The largest absolute Gasteiger partial charge is 0.497 e. The molecule has 5 nitrogen and oxygen atoms in total. The van der Waals surface area contributed by atoms with Gasteiger partial charge < -0.3 is 19.2 Å². The normalized spacial score (nSPS) is 12.6. The Morgan fingerprint density at radius 3 is 2.86 bits per heavy atom. The maximum Gasteiger partial charge on any atom is 0.231 e. The second-order valence-electron chi connectivity index (χ2n) is 5.01. The first-order valence-corrected chi connectivity index (χ1v) is 6.86. The van der Waals surface area contributed by atoms with Gasteiger partial charge in [0.25, 0.3) is 0 Å². The van der Waals surface area contributed by atoms with Gasteiger partial charge in [0.05, 0.1) is 7.11 Å². The summed E-state index contributed by atoms with van der Waals surface area (Å²) in [6.07, 6.45) is 1.72. The number of hydrogen-bond donors (Lipinski definition) is 1. The number of carbonyl (C=O) groups excluding carboxylic acids is 1. The minimum Gasteiger partial charge on any atom is -0.497 e. The molecule has 0 radical (unpaired) electrons. The summed E-state index contributed by atoms with van der Waals surface area (Å²) in [7, 11) is 1.60. The van der Waals surface area contributed by atoms with Crippen LogP contribution in [0.2, 0.25) is 0 Å². The first-order valence-electron chi connectivity index (χ1n) is 6.86. The van der Waals surface area contributed by atoms with E-state index in [2.05, 4.69) is 4.98 Å². The van der Waals surface area contributed by atoms with Gasteiger partial charge in [-0.2, -0.15) is 0 Å². The number of nitrogens with one attached hydrogen (secondary N) is 1. The van der Waals surface area contributed by atoms with Gasteiger partial charge in [-0.1, -0.05) is 0 Å². The average Bonchev–Trinajstić information content (AvgIpc) is 3.19. The van der Waals surface area contributed by atoms with Crippen LogP contribution in [0.15, 0.2) is 42.6 Å². The van der Waals surface area contributed by atoms with Gasteiger partial charge in [0.1, 0.15) is 5.75 Å². The number of methoxy groups -OCH3 is 1. The lowest BCUT2D eigenvalue weighted by Gasteiger charge is -2.03. The molecule has 0 spiro atoms. The average molecular weight is 295 g/mol. The molecule has 0 aliphatic carbocycles. The SMILES string of the molecule is COc1ccc2[nH]cc(C(=O)c3ccc4c(c3)OCO4)c2c1. The molecule has 22 heavy (non-hydrogen) atoms. The molecule has 1 aromatic heterocycles. The molecule has 1 aliphatic heterocycles. The summed E-state index contributed by atoms with van der Waals surface area (Å²) in [6, 6.07) is 10.8. The second-order valence-corrected chi connectivity index (χ2v) is 5.01. The predicted molar refractivity (Wildman–Crippen MR) is 80.8 cm³/mol. The Labute approximate surface area is 126 Å². The lowest BCUT2D eigenvalue weighted by molar-refractivity contribution is 0.104. The van der Waals surface area contributed by atoms with E-state index >= 15 is 0 Å². The summed E-state index contributed by atoms with van der Waals surface area (Å²) in [5.74, 6) is 1.91. The zero-order valence-corrected chi connectivity index (χ0v) is 11.9. The molecule has 0 amide bonds. The maximum atomic E-state index is 12.8. The summed E-state index contributed by atoms with van der Waals surface area (Å²) in [5.41, 5.74) is 2.06. The first kappa shape index (κ1) is 12.8. The van der Waals surface area contributed by atoms with Crippen molar-refractivity contribution in [3.8, 4) is 17.2 Å². The number of ether oxygens (including phenoxy) is 3. The van der Waals surface area contributed by atoms with Crippen LogP contribution in [-0.4, -0.2) is 24.7 Å². The van der Waals surface area contributed by atoms with Crippen molar-refractivity contribution in [3.05, 3.63) is 53.7 Å². The molecule has 2 aromatic carbocycles. The fourth-order valence-corrected chi connectivity index (χ4v) is 2.61. The van der Waals surface area contributed by atoms with Crippen molar-refractivity contribution in [2.45, 2.75) is 0 Å². The third kappa shape index (κ3) is 1.90. The zero-order valence-electron chi connectivity index (χ0n) is 11.9. The lowest BCUT2D eigenvalue weighted by Crippen LogP contribution is -2.00. The highest BCUT2D eigenvalue weighted by atomic mass is 16.7. The van der Waals surface area contributed by atoms with E-state index in [9.17, 15) is 4.79 Å². The summed E-state index contributed by atoms with van der Waals surface area (Å²) >= 11 is 0. The van der Waals surface area contributed by atoms with Crippen LogP contribution in [0.25, 0.3) is 10.9 Å². The molecule has 110 valence electrons. The number of ketones is 1. The van der Waals surface area contributed by atoms with Gasteiger partial charge in [-0.15, -0.1) is 0 Å². The lowest BCUT2D eigenvalue weighted by atomic mass is 10.0. The van der Waals surface area contributed by atoms with Crippen LogP contribution in [-0.2, 0) is 0 Å². The van der Waals surface area contributed by atoms with Crippen LogP contribution in [0.5, 0.6) is 17.2 Å². The van der Waals surface area contributed by atoms with Crippen LogP contribution in [0.1, 0.15) is 15.9 Å². The highest BCUT2D eigenvalue weighted by Gasteiger charge is 2.19. The van der Waals surface area contributed by atoms with Crippen molar-refractivity contribution in [2.75, 3.05) is 13.9 Å². The summed E-state index contributed by atoms with van der Waals surface area (Å²) in [6.45, 7) is 0.192. The number of benzene rings is 2. The van der Waals surface area contributed by atoms with Crippen LogP contribution in [0, 0.1) is 0 Å². The Balaban J connectivity index is 1.79. The van der Waals surface area contributed by atoms with E-state index in [0.717, 1.165) is 10.9 Å². The summed E-state index contributed by atoms with van der Waals surface area (Å²) in [5, 5.41) is 0.835. The first-order chi connectivity index (χ1) is 10.8. The van der Waals surface area contributed by atoms with Crippen molar-refractivity contribution < 1.29 is 19.0 Å². The monoisotopic (exact) mass is 295 g/mol. The van der Waals surface area contributed by atoms with Gasteiger partial charge in [-0.05, 0) is 36.4 Å². The van der Waals surface area contributed by atoms with E-state index in [-0.39, 0.29) is 12.6 Å². The van der Waals surface area contributed by atoms with E-state index < -0.39 is 0 Å². The van der Waals surface area contributed by atoms with E-state index in [1.54, 1.807) is 31.5 Å².